The van der Waals surface area contributed by atoms with Gasteiger partial charge in [-0.3, -0.25) is 0 Å². The summed E-state index contributed by atoms with van der Waals surface area (Å²) in [4.78, 5) is 2.36. The lowest BCUT2D eigenvalue weighted by atomic mass is 9.53. The average Bonchev–Trinajstić information content (AvgIpc) is 2.84. The van der Waals surface area contributed by atoms with Crippen molar-refractivity contribution >= 4 is 0 Å². The molecule has 5 atom stereocenters. The van der Waals surface area contributed by atoms with E-state index in [2.05, 4.69) is 11.9 Å². The van der Waals surface area contributed by atoms with Crippen LogP contribution in [0.5, 0.6) is 11.5 Å². The number of aromatic hydroxyl groups is 1. The molecule has 2 N–H and O–H groups in total. The highest BCUT2D eigenvalue weighted by Crippen LogP contribution is 2.62. The van der Waals surface area contributed by atoms with Gasteiger partial charge in [0.1, 0.15) is 12.2 Å². The Morgan fingerprint density at radius 3 is 3.19 bits per heavy atom. The van der Waals surface area contributed by atoms with Crippen molar-refractivity contribution in [2.45, 2.75) is 36.5 Å². The Hall–Kier alpha value is -1.52. The smallest absolute Gasteiger partial charge is 0.165 e. The van der Waals surface area contributed by atoms with E-state index in [0.717, 1.165) is 24.9 Å². The van der Waals surface area contributed by atoms with Gasteiger partial charge in [-0.15, -0.1) is 0 Å². The maximum atomic E-state index is 10.5. The van der Waals surface area contributed by atoms with E-state index >= 15 is 0 Å². The van der Waals surface area contributed by atoms with Gasteiger partial charge < -0.3 is 19.8 Å². The first-order valence-electron chi connectivity index (χ1n) is 8.12. The molecule has 1 spiro atoms. The molecule has 2 aliphatic carbocycles. The first-order valence-corrected chi connectivity index (χ1v) is 7.62. The molecule has 110 valence electrons. The molecule has 0 unspecified atom stereocenters. The van der Waals surface area contributed by atoms with Crippen molar-refractivity contribution in [3.05, 3.63) is 35.4 Å². The standard InChI is InChI=1S/C17H19NO3/c1-18-7-6-17-10-3-5-13(20)16(17)21-15-12(19)4-2-9(14(15)17)8-11(10)18/h2-5,10-11,13,16,19-20H,6-8H2,1H3/t10-,11+,13-,16-,17-/m0/s1/i5D. The van der Waals surface area contributed by atoms with Crippen LogP contribution >= 0.6 is 0 Å². The number of hydrogen-bond donors (Lipinski definition) is 2. The summed E-state index contributed by atoms with van der Waals surface area (Å²) >= 11 is 0. The van der Waals surface area contributed by atoms with Gasteiger partial charge in [-0.05, 0) is 38.1 Å². The predicted octanol–water partition coefficient (Wildman–Crippen LogP) is 1.20. The molecule has 0 saturated carbocycles. The second-order valence-electron chi connectivity index (χ2n) is 6.83. The lowest BCUT2D eigenvalue weighted by molar-refractivity contribution is -0.0453. The predicted molar refractivity (Wildman–Crippen MR) is 77.6 cm³/mol. The monoisotopic (exact) mass is 286 g/mol. The van der Waals surface area contributed by atoms with Gasteiger partial charge >= 0.3 is 0 Å². The molecule has 0 aromatic heterocycles. The Balaban J connectivity index is 1.85. The minimum atomic E-state index is -0.918. The van der Waals surface area contributed by atoms with Crippen molar-refractivity contribution in [1.82, 2.24) is 4.90 Å². The molecule has 2 aliphatic heterocycles. The molecule has 1 aromatic carbocycles. The molecule has 0 amide bonds. The van der Waals surface area contributed by atoms with Crippen LogP contribution in [0.15, 0.2) is 24.3 Å². The molecular formula is C17H19NO3. The SMILES string of the molecule is [2H]C1=C[C@H]2[C@H]3Cc4ccc(O)c5c4[C@@]2(CCN3C)[C@@H](O5)[C@H]1O. The molecule has 1 aromatic rings. The largest absolute Gasteiger partial charge is 0.504 e. The van der Waals surface area contributed by atoms with Gasteiger partial charge in [0.2, 0.25) is 0 Å². The summed E-state index contributed by atoms with van der Waals surface area (Å²) in [6.45, 7) is 0.948. The molecule has 1 saturated heterocycles. The maximum Gasteiger partial charge on any atom is 0.165 e. The summed E-state index contributed by atoms with van der Waals surface area (Å²) in [6.07, 6.45) is 2.36. The highest BCUT2D eigenvalue weighted by molar-refractivity contribution is 5.61. The van der Waals surface area contributed by atoms with Crippen LogP contribution in [-0.4, -0.2) is 47.0 Å². The van der Waals surface area contributed by atoms with E-state index in [0.29, 0.717) is 11.8 Å². The number of hydrogen-bond acceptors (Lipinski definition) is 4. The van der Waals surface area contributed by atoms with Crippen molar-refractivity contribution in [2.24, 2.45) is 5.92 Å². The zero-order chi connectivity index (χ0) is 15.2. The fourth-order valence-corrected chi connectivity index (χ4v) is 5.13. The Morgan fingerprint density at radius 2 is 2.33 bits per heavy atom. The van der Waals surface area contributed by atoms with Gasteiger partial charge in [-0.2, -0.15) is 0 Å². The third kappa shape index (κ3) is 1.21. The molecule has 2 bridgehead atoms. The van der Waals surface area contributed by atoms with E-state index < -0.39 is 12.2 Å². The van der Waals surface area contributed by atoms with E-state index in [1.165, 1.54) is 5.56 Å². The van der Waals surface area contributed by atoms with Crippen LogP contribution in [-0.2, 0) is 11.8 Å². The van der Waals surface area contributed by atoms with E-state index in [9.17, 15) is 10.2 Å². The van der Waals surface area contributed by atoms with Gasteiger partial charge in [0, 0.05) is 22.9 Å². The van der Waals surface area contributed by atoms with E-state index in [4.69, 9.17) is 6.11 Å². The molecule has 2 heterocycles. The fourth-order valence-electron chi connectivity index (χ4n) is 5.13. The first-order chi connectivity index (χ1) is 10.5. The topological polar surface area (TPSA) is 52.9 Å². The summed E-state index contributed by atoms with van der Waals surface area (Å²) in [5.41, 5.74) is 2.02. The molecule has 4 aliphatic rings. The van der Waals surface area contributed by atoms with Gasteiger partial charge in [0.15, 0.2) is 11.5 Å². The minimum Gasteiger partial charge on any atom is -0.504 e. The van der Waals surface area contributed by atoms with Crippen LogP contribution in [0.1, 0.15) is 18.9 Å². The van der Waals surface area contributed by atoms with Gasteiger partial charge in [-0.25, -0.2) is 0 Å². The number of ether oxygens (including phenoxy) is 1. The van der Waals surface area contributed by atoms with E-state index in [1.807, 2.05) is 12.1 Å². The van der Waals surface area contributed by atoms with E-state index in [1.54, 1.807) is 6.07 Å². The second kappa shape index (κ2) is 3.62. The summed E-state index contributed by atoms with van der Waals surface area (Å²) in [5.74, 6) is 0.859. The lowest BCUT2D eigenvalue weighted by Crippen LogP contribution is -2.64. The number of likely N-dealkylation sites (tertiary alicyclic amines) is 1. The molecule has 4 nitrogen and oxygen atoms in total. The number of likely N-dealkylation sites (N-methyl/N-ethyl adjacent to an activating group) is 1. The first kappa shape index (κ1) is 11.1. The average molecular weight is 286 g/mol. The molecular weight excluding hydrogens is 266 g/mol. The Morgan fingerprint density at radius 1 is 1.48 bits per heavy atom. The minimum absolute atomic E-state index is 0.150. The normalized spacial score (nSPS) is 43.7. The summed E-state index contributed by atoms with van der Waals surface area (Å²) in [7, 11) is 2.14. The van der Waals surface area contributed by atoms with Gasteiger partial charge in [0.05, 0.1) is 1.37 Å². The van der Waals surface area contributed by atoms with Crippen molar-refractivity contribution < 1.29 is 16.3 Å². The Labute approximate surface area is 125 Å². The number of phenolic OH excluding ortho intramolecular Hbond substituents is 1. The van der Waals surface area contributed by atoms with Crippen molar-refractivity contribution in [3.63, 3.8) is 0 Å². The third-order valence-electron chi connectivity index (χ3n) is 6.06. The van der Waals surface area contributed by atoms with Crippen molar-refractivity contribution in [3.8, 4) is 11.5 Å². The number of rotatable bonds is 0. The maximum absolute atomic E-state index is 10.5. The van der Waals surface area contributed by atoms with Crippen molar-refractivity contribution in [1.29, 1.82) is 0 Å². The highest BCUT2D eigenvalue weighted by atomic mass is 16.5. The number of benzene rings is 1. The zero-order valence-electron chi connectivity index (χ0n) is 12.9. The quantitative estimate of drug-likeness (QED) is 0.704. The van der Waals surface area contributed by atoms with E-state index in [-0.39, 0.29) is 23.1 Å². The number of aliphatic hydroxyl groups excluding tert-OH is 1. The second-order valence-corrected chi connectivity index (χ2v) is 6.83. The van der Waals surface area contributed by atoms with Crippen LogP contribution in [0.3, 0.4) is 0 Å². The molecule has 1 fully saturated rings. The third-order valence-corrected chi connectivity index (χ3v) is 6.06. The number of aliphatic hydroxyl groups is 1. The number of nitrogens with zero attached hydrogens (tertiary/aromatic N) is 1. The molecule has 5 rings (SSSR count). The van der Waals surface area contributed by atoms with Gasteiger partial charge in [-0.1, -0.05) is 18.2 Å². The van der Waals surface area contributed by atoms with Crippen LogP contribution in [0.2, 0.25) is 0 Å². The summed E-state index contributed by atoms with van der Waals surface area (Å²) < 4.78 is 14.2. The van der Waals surface area contributed by atoms with Crippen LogP contribution in [0.4, 0.5) is 0 Å². The molecule has 0 radical (unpaired) electrons. The van der Waals surface area contributed by atoms with Crippen LogP contribution in [0, 0.1) is 5.92 Å². The molecule has 4 heteroatoms. The van der Waals surface area contributed by atoms with Crippen LogP contribution in [0.25, 0.3) is 0 Å². The molecule has 21 heavy (non-hydrogen) atoms. The van der Waals surface area contributed by atoms with Crippen molar-refractivity contribution in [2.75, 3.05) is 13.6 Å². The van der Waals surface area contributed by atoms with Gasteiger partial charge in [0.25, 0.3) is 0 Å². The summed E-state index contributed by atoms with van der Waals surface area (Å²) in [5, 5.41) is 20.8. The zero-order valence-corrected chi connectivity index (χ0v) is 11.9. The lowest BCUT2D eigenvalue weighted by Gasteiger charge is -2.56. The summed E-state index contributed by atoms with van der Waals surface area (Å²) in [6, 6.07) is 4.27. The number of phenols is 1. The Kier molecular flexibility index (Phi) is 1.92. The number of piperidine rings is 1. The Bertz CT molecular complexity index is 718. The fraction of sp³-hybridized carbons (Fsp3) is 0.529. The van der Waals surface area contributed by atoms with Crippen LogP contribution < -0.4 is 4.74 Å². The highest BCUT2D eigenvalue weighted by Gasteiger charge is 2.64.